The van der Waals surface area contributed by atoms with E-state index in [0.717, 1.165) is 12.8 Å². The van der Waals surface area contributed by atoms with Gasteiger partial charge < -0.3 is 9.47 Å². The summed E-state index contributed by atoms with van der Waals surface area (Å²) in [6.07, 6.45) is 2.20. The highest BCUT2D eigenvalue weighted by atomic mass is 16.6. The Balaban J connectivity index is 3.72. The lowest BCUT2D eigenvalue weighted by molar-refractivity contribution is -0.148. The van der Waals surface area contributed by atoms with Crippen LogP contribution in [0.2, 0.25) is 0 Å². The summed E-state index contributed by atoms with van der Waals surface area (Å²) < 4.78 is 9.81. The third-order valence-corrected chi connectivity index (χ3v) is 1.69. The average Bonchev–Trinajstić information content (AvgIpc) is 2.02. The Kier molecular flexibility index (Phi) is 6.80. The summed E-state index contributed by atoms with van der Waals surface area (Å²) in [6.45, 7) is 5.07. The molecule has 0 aliphatic heterocycles. The standard InChI is InChI=1S/C10H18O4/c1-4-5-10(14-9(3)12)6-7-13-8(2)11/h10H,4-7H2,1-3H3. The van der Waals surface area contributed by atoms with Gasteiger partial charge in [-0.3, -0.25) is 9.59 Å². The summed E-state index contributed by atoms with van der Waals surface area (Å²) in [7, 11) is 0. The molecule has 0 aliphatic rings. The van der Waals surface area contributed by atoms with Gasteiger partial charge in [-0.25, -0.2) is 0 Å². The molecule has 0 aromatic carbocycles. The number of hydrogen-bond acceptors (Lipinski definition) is 4. The summed E-state index contributed by atoms with van der Waals surface area (Å²) >= 11 is 0. The van der Waals surface area contributed by atoms with Gasteiger partial charge in [0.2, 0.25) is 0 Å². The number of rotatable bonds is 6. The predicted octanol–water partition coefficient (Wildman–Crippen LogP) is 1.67. The van der Waals surface area contributed by atoms with Crippen molar-refractivity contribution in [3.8, 4) is 0 Å². The van der Waals surface area contributed by atoms with E-state index in [4.69, 9.17) is 9.47 Å². The third kappa shape index (κ3) is 7.58. The Morgan fingerprint density at radius 2 is 1.79 bits per heavy atom. The van der Waals surface area contributed by atoms with Gasteiger partial charge in [-0.15, -0.1) is 0 Å². The molecule has 0 aromatic heterocycles. The van der Waals surface area contributed by atoms with Gasteiger partial charge in [0.05, 0.1) is 6.61 Å². The van der Waals surface area contributed by atoms with Crippen molar-refractivity contribution in [2.24, 2.45) is 0 Å². The van der Waals surface area contributed by atoms with E-state index in [-0.39, 0.29) is 18.0 Å². The van der Waals surface area contributed by atoms with Gasteiger partial charge in [-0.2, -0.15) is 0 Å². The maximum absolute atomic E-state index is 10.7. The fraction of sp³-hybridized carbons (Fsp3) is 0.800. The number of hydrogen-bond donors (Lipinski definition) is 0. The van der Waals surface area contributed by atoms with Crippen molar-refractivity contribution in [2.45, 2.75) is 46.1 Å². The van der Waals surface area contributed by atoms with Crippen LogP contribution in [0.5, 0.6) is 0 Å². The van der Waals surface area contributed by atoms with Crippen LogP contribution in [0.25, 0.3) is 0 Å². The van der Waals surface area contributed by atoms with Crippen molar-refractivity contribution < 1.29 is 19.1 Å². The maximum Gasteiger partial charge on any atom is 0.302 e. The summed E-state index contributed by atoms with van der Waals surface area (Å²) in [4.78, 5) is 21.2. The monoisotopic (exact) mass is 202 g/mol. The van der Waals surface area contributed by atoms with Crippen LogP contribution < -0.4 is 0 Å². The zero-order chi connectivity index (χ0) is 11.0. The van der Waals surface area contributed by atoms with E-state index < -0.39 is 0 Å². The number of carbonyl (C=O) groups is 2. The Morgan fingerprint density at radius 1 is 1.14 bits per heavy atom. The minimum atomic E-state index is -0.303. The molecule has 82 valence electrons. The van der Waals surface area contributed by atoms with Crippen molar-refractivity contribution in [1.29, 1.82) is 0 Å². The minimum Gasteiger partial charge on any atom is -0.466 e. The van der Waals surface area contributed by atoms with Crippen LogP contribution in [0.3, 0.4) is 0 Å². The molecule has 1 atom stereocenters. The molecule has 0 amide bonds. The molecule has 0 spiro atoms. The van der Waals surface area contributed by atoms with E-state index in [1.165, 1.54) is 13.8 Å². The first-order valence-electron chi connectivity index (χ1n) is 4.86. The molecule has 0 aliphatic carbocycles. The highest BCUT2D eigenvalue weighted by Crippen LogP contribution is 2.07. The average molecular weight is 202 g/mol. The Bertz CT molecular complexity index is 189. The number of esters is 2. The van der Waals surface area contributed by atoms with Gasteiger partial charge in [0, 0.05) is 20.3 Å². The fourth-order valence-corrected chi connectivity index (χ4v) is 1.15. The van der Waals surface area contributed by atoms with Crippen molar-refractivity contribution in [2.75, 3.05) is 6.61 Å². The number of ether oxygens (including phenoxy) is 2. The first kappa shape index (κ1) is 12.9. The van der Waals surface area contributed by atoms with E-state index in [2.05, 4.69) is 0 Å². The molecule has 0 radical (unpaired) electrons. The molecular formula is C10H18O4. The molecule has 0 bridgehead atoms. The third-order valence-electron chi connectivity index (χ3n) is 1.69. The second-order valence-electron chi connectivity index (χ2n) is 3.15. The molecule has 0 heterocycles. The van der Waals surface area contributed by atoms with Crippen LogP contribution >= 0.6 is 0 Å². The molecule has 4 heteroatoms. The SMILES string of the molecule is CCCC(CCOC(C)=O)OC(C)=O. The highest BCUT2D eigenvalue weighted by Gasteiger charge is 2.11. The minimum absolute atomic E-state index is 0.128. The second kappa shape index (κ2) is 7.35. The smallest absolute Gasteiger partial charge is 0.302 e. The van der Waals surface area contributed by atoms with E-state index in [1.807, 2.05) is 6.92 Å². The Hall–Kier alpha value is -1.06. The molecule has 0 fully saturated rings. The molecule has 4 nitrogen and oxygen atoms in total. The molecule has 0 aromatic rings. The van der Waals surface area contributed by atoms with Crippen LogP contribution in [0, 0.1) is 0 Å². The van der Waals surface area contributed by atoms with Crippen molar-refractivity contribution >= 4 is 11.9 Å². The first-order valence-corrected chi connectivity index (χ1v) is 4.86. The zero-order valence-corrected chi connectivity index (χ0v) is 9.04. The van der Waals surface area contributed by atoms with Crippen LogP contribution in [-0.4, -0.2) is 24.6 Å². The maximum atomic E-state index is 10.7. The predicted molar refractivity (Wildman–Crippen MR) is 51.7 cm³/mol. The van der Waals surface area contributed by atoms with E-state index in [1.54, 1.807) is 0 Å². The second-order valence-corrected chi connectivity index (χ2v) is 3.15. The van der Waals surface area contributed by atoms with Gasteiger partial charge in [0.1, 0.15) is 6.10 Å². The topological polar surface area (TPSA) is 52.6 Å². The Morgan fingerprint density at radius 3 is 2.21 bits per heavy atom. The summed E-state index contributed by atoms with van der Waals surface area (Å²) in [5.74, 6) is -0.589. The van der Waals surface area contributed by atoms with E-state index in [0.29, 0.717) is 13.0 Å². The zero-order valence-electron chi connectivity index (χ0n) is 9.04. The molecular weight excluding hydrogens is 184 g/mol. The van der Waals surface area contributed by atoms with Gasteiger partial charge in [-0.05, 0) is 6.42 Å². The normalized spacial score (nSPS) is 11.9. The van der Waals surface area contributed by atoms with Crippen molar-refractivity contribution in [3.63, 3.8) is 0 Å². The molecule has 0 N–H and O–H groups in total. The van der Waals surface area contributed by atoms with Gasteiger partial charge in [0.15, 0.2) is 0 Å². The quantitative estimate of drug-likeness (QED) is 0.615. The molecule has 14 heavy (non-hydrogen) atoms. The van der Waals surface area contributed by atoms with Crippen molar-refractivity contribution in [1.82, 2.24) is 0 Å². The lowest BCUT2D eigenvalue weighted by Gasteiger charge is -2.15. The van der Waals surface area contributed by atoms with Gasteiger partial charge >= 0.3 is 11.9 Å². The van der Waals surface area contributed by atoms with E-state index >= 15 is 0 Å². The molecule has 1 unspecified atom stereocenters. The summed E-state index contributed by atoms with van der Waals surface area (Å²) in [5.41, 5.74) is 0. The lowest BCUT2D eigenvalue weighted by Crippen LogP contribution is -2.19. The summed E-state index contributed by atoms with van der Waals surface area (Å²) in [6, 6.07) is 0. The first-order chi connectivity index (χ1) is 6.56. The van der Waals surface area contributed by atoms with Gasteiger partial charge in [-0.1, -0.05) is 13.3 Å². The van der Waals surface area contributed by atoms with Crippen LogP contribution in [-0.2, 0) is 19.1 Å². The van der Waals surface area contributed by atoms with E-state index in [9.17, 15) is 9.59 Å². The largest absolute Gasteiger partial charge is 0.466 e. The van der Waals surface area contributed by atoms with Crippen LogP contribution in [0.1, 0.15) is 40.0 Å². The number of carbonyl (C=O) groups excluding carboxylic acids is 2. The van der Waals surface area contributed by atoms with Gasteiger partial charge in [0.25, 0.3) is 0 Å². The Labute approximate surface area is 84.6 Å². The molecule has 0 saturated heterocycles. The summed E-state index contributed by atoms with van der Waals surface area (Å²) in [5, 5.41) is 0. The molecule has 0 saturated carbocycles. The molecule has 0 rings (SSSR count). The van der Waals surface area contributed by atoms with Crippen molar-refractivity contribution in [3.05, 3.63) is 0 Å². The lowest BCUT2D eigenvalue weighted by atomic mass is 10.1. The highest BCUT2D eigenvalue weighted by molar-refractivity contribution is 5.66. The fourth-order valence-electron chi connectivity index (χ4n) is 1.15. The van der Waals surface area contributed by atoms with Crippen LogP contribution in [0.15, 0.2) is 0 Å². The van der Waals surface area contributed by atoms with Crippen LogP contribution in [0.4, 0.5) is 0 Å².